The van der Waals surface area contributed by atoms with E-state index in [1.807, 2.05) is 43.5 Å². The molecule has 21 heteroatoms. The van der Waals surface area contributed by atoms with Crippen molar-refractivity contribution in [2.24, 2.45) is 11.7 Å². The molecular weight excluding hydrogens is 935 g/mol. The Kier molecular flexibility index (Phi) is 18.4. The largest absolute Gasteiger partial charge is 0.445 e. The zero-order chi connectivity index (χ0) is 51.9. The maximum Gasteiger partial charge on any atom is 0.410 e. The molecule has 1 aromatic carbocycles. The maximum atomic E-state index is 14.2. The molecule has 1 fully saturated rings. The Morgan fingerprint density at radius 2 is 1.63 bits per heavy atom. The average molecular weight is 1000 g/mol. The number of amides is 8. The van der Waals surface area contributed by atoms with Crippen LogP contribution in [0, 0.1) is 12.8 Å². The summed E-state index contributed by atoms with van der Waals surface area (Å²) in [6, 6.07) is 13.6. The topological polar surface area (TPSA) is 281 Å². The number of hydrogen-bond acceptors (Lipinski definition) is 12. The summed E-state index contributed by atoms with van der Waals surface area (Å²) in [7, 11) is 0. The quantitative estimate of drug-likeness (QED) is 0.0255. The van der Waals surface area contributed by atoms with E-state index >= 15 is 0 Å². The van der Waals surface area contributed by atoms with E-state index in [0.717, 1.165) is 60.4 Å². The molecule has 73 heavy (non-hydrogen) atoms. The zero-order valence-electron chi connectivity index (χ0n) is 41.6. The second kappa shape index (κ2) is 25.4. The number of carbonyl (C=O) groups excluding carboxylic acids is 7. The minimum atomic E-state index is -1.05. The highest BCUT2D eigenvalue weighted by Gasteiger charge is 2.31. The maximum absolute atomic E-state index is 14.2. The molecule has 7 rings (SSSR count). The third-order valence-corrected chi connectivity index (χ3v) is 12.9. The Bertz CT molecular complexity index is 2760. The van der Waals surface area contributed by atoms with Crippen molar-refractivity contribution in [1.82, 2.24) is 55.3 Å². The molecule has 0 bridgehead atoms. The molecule has 1 saturated carbocycles. The first-order valence-electron chi connectivity index (χ1n) is 25.0. The summed E-state index contributed by atoms with van der Waals surface area (Å²) in [4.78, 5) is 110. The zero-order valence-corrected chi connectivity index (χ0v) is 41.6. The van der Waals surface area contributed by atoms with E-state index in [1.165, 1.54) is 18.5 Å². The highest BCUT2D eigenvalue weighted by molar-refractivity contribution is 6.12. The summed E-state index contributed by atoms with van der Waals surface area (Å²) in [6.07, 6.45) is 13.3. The number of benzene rings is 1. The molecule has 5 aromatic rings. The number of ether oxygens (including phenoxy) is 1. The fourth-order valence-electron chi connectivity index (χ4n) is 8.96. The van der Waals surface area contributed by atoms with Gasteiger partial charge in [-0.2, -0.15) is 5.10 Å². The molecule has 2 atom stereocenters. The number of nitrogens with zero attached hydrogens (tertiary/aromatic N) is 7. The van der Waals surface area contributed by atoms with E-state index in [2.05, 4.69) is 36.3 Å². The van der Waals surface area contributed by atoms with Crippen molar-refractivity contribution in [2.45, 2.75) is 129 Å². The number of pyridine rings is 2. The second-order valence-corrected chi connectivity index (χ2v) is 18.8. The van der Waals surface area contributed by atoms with Crippen molar-refractivity contribution in [3.63, 3.8) is 0 Å². The lowest BCUT2D eigenvalue weighted by Crippen LogP contribution is -2.54. The minimum absolute atomic E-state index is 0.0394. The number of fused-ring (bicyclic) bond motifs is 1. The van der Waals surface area contributed by atoms with E-state index in [4.69, 9.17) is 20.4 Å². The van der Waals surface area contributed by atoms with Crippen molar-refractivity contribution in [2.75, 3.05) is 18.4 Å². The van der Waals surface area contributed by atoms with Gasteiger partial charge in [0.15, 0.2) is 5.65 Å². The van der Waals surface area contributed by atoms with Gasteiger partial charge >= 0.3 is 12.1 Å². The Balaban J connectivity index is 0.976. The molecule has 0 spiro atoms. The number of nitrogens with two attached hydrogens (primary N) is 1. The average Bonchev–Trinajstić information content (AvgIpc) is 4.04. The van der Waals surface area contributed by atoms with E-state index in [9.17, 15) is 33.6 Å². The highest BCUT2D eigenvalue weighted by atomic mass is 16.6. The Morgan fingerprint density at radius 1 is 0.877 bits per heavy atom. The summed E-state index contributed by atoms with van der Waals surface area (Å²) in [5.74, 6) is -1.89. The number of primary amides is 1. The highest BCUT2D eigenvalue weighted by Crippen LogP contribution is 2.31. The van der Waals surface area contributed by atoms with E-state index in [-0.39, 0.29) is 68.8 Å². The summed E-state index contributed by atoms with van der Waals surface area (Å²) in [5.41, 5.74) is 10.8. The van der Waals surface area contributed by atoms with Gasteiger partial charge in [0.2, 0.25) is 17.7 Å². The van der Waals surface area contributed by atoms with Gasteiger partial charge in [-0.25, -0.2) is 24.1 Å². The first-order valence-corrected chi connectivity index (χ1v) is 25.0. The van der Waals surface area contributed by atoms with Crippen LogP contribution in [0.15, 0.2) is 79.3 Å². The van der Waals surface area contributed by atoms with Gasteiger partial charge < -0.3 is 36.7 Å². The smallest absolute Gasteiger partial charge is 0.410 e. The van der Waals surface area contributed by atoms with Gasteiger partial charge in [0.1, 0.15) is 36.5 Å². The van der Waals surface area contributed by atoms with Crippen LogP contribution in [0.5, 0.6) is 0 Å². The predicted octanol–water partition coefficient (Wildman–Crippen LogP) is 5.85. The molecule has 5 heterocycles. The van der Waals surface area contributed by atoms with Crippen LogP contribution in [0.3, 0.4) is 0 Å². The number of rotatable bonds is 23. The number of aromatic amines is 1. The van der Waals surface area contributed by atoms with E-state index in [0.29, 0.717) is 59.8 Å². The molecule has 21 nitrogen and oxygen atoms in total. The van der Waals surface area contributed by atoms with Crippen molar-refractivity contribution >= 4 is 53.0 Å². The van der Waals surface area contributed by atoms with Crippen LogP contribution in [0.4, 0.5) is 15.3 Å². The summed E-state index contributed by atoms with van der Waals surface area (Å²) in [5, 5.41) is 15.3. The molecule has 1 aliphatic heterocycles. The van der Waals surface area contributed by atoms with Crippen LogP contribution >= 0.6 is 0 Å². The standard InChI is InChI=1S/C52H65N13O8/c1-33(2)46(62-43(66)18-9-6-10-28-63-44(67)25-26-45(63)68)50(70)59-40(17-12-27-54-51(53)71)49(69)58-37-22-19-35(20-23-37)31-73-52(72)64(38-14-7-4-5-8-15-38)30-41-60-47(36-21-24-42-55-32-56-65(42)29-36)48(61-41)39-16-11-13-34(3)57-39/h11,13,16,19-26,29,32-33,38,40,46H,4-10,12,14-15,17-18,27-28,30-31H2,1-3H3,(H,58,69)(H,59,70)(H,60,61)(H,62,66)(H3,53,54,71). The number of imide groups is 1. The number of urea groups is 1. The van der Waals surface area contributed by atoms with Crippen molar-refractivity contribution < 1.29 is 38.3 Å². The molecule has 4 aromatic heterocycles. The van der Waals surface area contributed by atoms with E-state index in [1.54, 1.807) is 47.5 Å². The van der Waals surface area contributed by atoms with Crippen LogP contribution in [0.1, 0.15) is 108 Å². The number of unbranched alkanes of at least 4 members (excludes halogenated alkanes) is 2. The first kappa shape index (κ1) is 52.8. The number of aryl methyl sites for hydroxylation is 1. The lowest BCUT2D eigenvalue weighted by molar-refractivity contribution is -0.137. The summed E-state index contributed by atoms with van der Waals surface area (Å²) in [6.45, 7) is 6.04. The SMILES string of the molecule is Cc1cccc(-c2nc(CN(C(=O)OCc3ccc(NC(=O)C(CCCNC(N)=O)NC(=O)C(NC(=O)CCCCCN4C(=O)C=CC4=O)C(C)C)cc3)C3CCCCCC3)[nH]c2-c2ccc3ncnn3c2)n1. The number of anilines is 1. The van der Waals surface area contributed by atoms with Gasteiger partial charge in [0.25, 0.3) is 11.8 Å². The van der Waals surface area contributed by atoms with Crippen molar-refractivity contribution in [3.05, 3.63) is 96.4 Å². The molecule has 2 unspecified atom stereocenters. The fourth-order valence-corrected chi connectivity index (χ4v) is 8.96. The summed E-state index contributed by atoms with van der Waals surface area (Å²) >= 11 is 0. The minimum Gasteiger partial charge on any atom is -0.445 e. The molecule has 386 valence electrons. The number of hydrogen-bond donors (Lipinski definition) is 6. The van der Waals surface area contributed by atoms with Gasteiger partial charge in [0.05, 0.1) is 17.9 Å². The molecule has 1 aliphatic carbocycles. The lowest BCUT2D eigenvalue weighted by Gasteiger charge is -2.29. The Labute approximate surface area is 423 Å². The number of imidazole rings is 1. The monoisotopic (exact) mass is 1000 g/mol. The summed E-state index contributed by atoms with van der Waals surface area (Å²) < 4.78 is 7.70. The number of nitrogens with one attached hydrogen (secondary N) is 5. The fraction of sp³-hybridized carbons (Fsp3) is 0.442. The lowest BCUT2D eigenvalue weighted by atomic mass is 10.0. The number of carbonyl (C=O) groups is 7. The molecule has 8 amide bonds. The molecule has 7 N–H and O–H groups in total. The van der Waals surface area contributed by atoms with Crippen LogP contribution in [0.25, 0.3) is 28.3 Å². The Morgan fingerprint density at radius 3 is 2.34 bits per heavy atom. The van der Waals surface area contributed by atoms with Crippen LogP contribution in [-0.4, -0.2) is 112 Å². The van der Waals surface area contributed by atoms with Crippen molar-refractivity contribution in [3.8, 4) is 22.6 Å². The molecule has 2 aliphatic rings. The Hall–Kier alpha value is -7.97. The molecule has 0 radical (unpaired) electrons. The number of aromatic nitrogens is 6. The third-order valence-electron chi connectivity index (χ3n) is 12.9. The molecular formula is C52H65N13O8. The van der Waals surface area contributed by atoms with Gasteiger partial charge in [0, 0.05) is 60.8 Å². The van der Waals surface area contributed by atoms with E-state index < -0.39 is 36.0 Å². The van der Waals surface area contributed by atoms with Crippen LogP contribution in [-0.2, 0) is 41.9 Å². The third kappa shape index (κ3) is 14.8. The van der Waals surface area contributed by atoms with Gasteiger partial charge in [-0.3, -0.25) is 38.8 Å². The molecule has 0 saturated heterocycles. The van der Waals surface area contributed by atoms with Gasteiger partial charge in [-0.15, -0.1) is 0 Å². The first-order chi connectivity index (χ1) is 35.2. The van der Waals surface area contributed by atoms with Gasteiger partial charge in [-0.05, 0) is 93.3 Å². The van der Waals surface area contributed by atoms with Crippen molar-refractivity contribution in [1.29, 1.82) is 0 Å². The number of H-pyrrole nitrogens is 1. The second-order valence-electron chi connectivity index (χ2n) is 18.8. The van der Waals surface area contributed by atoms with Crippen LogP contribution < -0.4 is 27.0 Å². The predicted molar refractivity (Wildman–Crippen MR) is 271 cm³/mol. The van der Waals surface area contributed by atoms with Gasteiger partial charge in [-0.1, -0.05) is 64.2 Å². The van der Waals surface area contributed by atoms with Crippen LogP contribution in [0.2, 0.25) is 0 Å². The normalized spacial score (nSPS) is 14.7.